The molecular formula is C8H11ClO2. The molecule has 2 nitrogen and oxygen atoms in total. The van der Waals surface area contributed by atoms with Crippen LogP contribution in [0.15, 0.2) is 0 Å². The van der Waals surface area contributed by atoms with Crippen LogP contribution in [-0.2, 0) is 4.79 Å². The average Bonchev–Trinajstić information content (AvgIpc) is 2.41. The van der Waals surface area contributed by atoms with Crippen molar-refractivity contribution in [2.45, 2.75) is 30.6 Å². The highest BCUT2D eigenvalue weighted by molar-refractivity contribution is 6.25. The molecule has 1 N–H and O–H groups in total. The molecule has 2 aliphatic rings. The average molecular weight is 175 g/mol. The second kappa shape index (κ2) is 2.13. The smallest absolute Gasteiger partial charge is 0.308 e. The van der Waals surface area contributed by atoms with Crippen LogP contribution >= 0.6 is 11.6 Å². The molecule has 62 valence electrons. The number of carboxylic acid groups (broad SMARTS) is 1. The van der Waals surface area contributed by atoms with Crippen LogP contribution in [0.1, 0.15) is 25.7 Å². The van der Waals surface area contributed by atoms with Crippen molar-refractivity contribution in [3.05, 3.63) is 0 Å². The monoisotopic (exact) mass is 174 g/mol. The van der Waals surface area contributed by atoms with Crippen LogP contribution in [-0.4, -0.2) is 16.0 Å². The van der Waals surface area contributed by atoms with Crippen LogP contribution in [0.25, 0.3) is 0 Å². The van der Waals surface area contributed by atoms with Gasteiger partial charge in [-0.05, 0) is 31.6 Å². The lowest BCUT2D eigenvalue weighted by molar-refractivity contribution is -0.142. The molecule has 3 atom stereocenters. The summed E-state index contributed by atoms with van der Waals surface area (Å²) in [7, 11) is 0. The van der Waals surface area contributed by atoms with Gasteiger partial charge in [0.25, 0.3) is 0 Å². The van der Waals surface area contributed by atoms with Gasteiger partial charge < -0.3 is 5.11 Å². The number of hydrogen-bond acceptors (Lipinski definition) is 1. The molecule has 0 aromatic carbocycles. The molecule has 11 heavy (non-hydrogen) atoms. The maximum absolute atomic E-state index is 10.7. The van der Waals surface area contributed by atoms with Gasteiger partial charge in [0.2, 0.25) is 0 Å². The molecule has 0 saturated heterocycles. The van der Waals surface area contributed by atoms with Gasteiger partial charge in [-0.15, -0.1) is 11.6 Å². The number of carboxylic acids is 1. The van der Waals surface area contributed by atoms with Gasteiger partial charge in [-0.2, -0.15) is 0 Å². The fourth-order valence-electron chi connectivity index (χ4n) is 2.51. The standard InChI is InChI=1S/C8H11ClO2/c9-8-2-1-5(4-8)3-6(8)7(10)11/h5-6H,1-4H2,(H,10,11)/t5-,6-,8+/m1/s1. The molecule has 2 bridgehead atoms. The number of fused-ring (bicyclic) bond motifs is 2. The Morgan fingerprint density at radius 1 is 1.64 bits per heavy atom. The first kappa shape index (κ1) is 7.41. The van der Waals surface area contributed by atoms with Crippen molar-refractivity contribution in [2.24, 2.45) is 11.8 Å². The fraction of sp³-hybridized carbons (Fsp3) is 0.875. The van der Waals surface area contributed by atoms with E-state index < -0.39 is 5.97 Å². The number of aliphatic carboxylic acids is 1. The quantitative estimate of drug-likeness (QED) is 0.617. The van der Waals surface area contributed by atoms with Gasteiger partial charge in [-0.3, -0.25) is 4.79 Å². The second-order valence-electron chi connectivity index (χ2n) is 3.77. The molecule has 0 unspecified atom stereocenters. The van der Waals surface area contributed by atoms with Gasteiger partial charge in [-0.1, -0.05) is 0 Å². The number of rotatable bonds is 1. The number of hydrogen-bond donors (Lipinski definition) is 1. The predicted molar refractivity (Wildman–Crippen MR) is 41.7 cm³/mol. The molecule has 0 aromatic rings. The highest BCUT2D eigenvalue weighted by Gasteiger charge is 2.53. The first-order chi connectivity index (χ1) is 5.12. The van der Waals surface area contributed by atoms with E-state index in [0.29, 0.717) is 5.92 Å². The first-order valence-corrected chi connectivity index (χ1v) is 4.41. The highest BCUT2D eigenvalue weighted by atomic mass is 35.5. The van der Waals surface area contributed by atoms with Crippen molar-refractivity contribution < 1.29 is 9.90 Å². The summed E-state index contributed by atoms with van der Waals surface area (Å²) in [6.45, 7) is 0. The van der Waals surface area contributed by atoms with E-state index >= 15 is 0 Å². The van der Waals surface area contributed by atoms with Crippen LogP contribution in [0, 0.1) is 11.8 Å². The van der Waals surface area contributed by atoms with Gasteiger partial charge in [0, 0.05) is 0 Å². The van der Waals surface area contributed by atoms with Crippen molar-refractivity contribution >= 4 is 17.6 Å². The predicted octanol–water partition coefficient (Wildman–Crippen LogP) is 1.87. The third kappa shape index (κ3) is 0.959. The van der Waals surface area contributed by atoms with E-state index in [1.54, 1.807) is 0 Å². The van der Waals surface area contributed by atoms with Crippen molar-refractivity contribution in [3.8, 4) is 0 Å². The van der Waals surface area contributed by atoms with Crippen LogP contribution in [0.5, 0.6) is 0 Å². The van der Waals surface area contributed by atoms with Gasteiger partial charge in [-0.25, -0.2) is 0 Å². The molecule has 0 amide bonds. The van der Waals surface area contributed by atoms with E-state index in [9.17, 15) is 4.79 Å². The topological polar surface area (TPSA) is 37.3 Å². The lowest BCUT2D eigenvalue weighted by atomic mass is 9.88. The van der Waals surface area contributed by atoms with E-state index in [1.807, 2.05) is 0 Å². The zero-order chi connectivity index (χ0) is 8.06. The van der Waals surface area contributed by atoms with Gasteiger partial charge in [0.15, 0.2) is 0 Å². The van der Waals surface area contributed by atoms with E-state index in [2.05, 4.69) is 0 Å². The molecule has 3 heteroatoms. The fourth-order valence-corrected chi connectivity index (χ4v) is 3.02. The van der Waals surface area contributed by atoms with Crippen molar-refractivity contribution in [1.29, 1.82) is 0 Å². The van der Waals surface area contributed by atoms with Crippen molar-refractivity contribution in [2.75, 3.05) is 0 Å². The van der Waals surface area contributed by atoms with Gasteiger partial charge in [0.1, 0.15) is 0 Å². The maximum atomic E-state index is 10.7. The molecular weight excluding hydrogens is 164 g/mol. The minimum Gasteiger partial charge on any atom is -0.481 e. The summed E-state index contributed by atoms with van der Waals surface area (Å²) in [5, 5.41) is 8.82. The molecule has 2 aliphatic carbocycles. The summed E-state index contributed by atoms with van der Waals surface area (Å²) in [6, 6.07) is 0. The molecule has 2 rings (SSSR count). The number of alkyl halides is 1. The molecule has 0 radical (unpaired) electrons. The number of carbonyl (C=O) groups is 1. The second-order valence-corrected chi connectivity index (χ2v) is 4.52. The first-order valence-electron chi connectivity index (χ1n) is 4.03. The summed E-state index contributed by atoms with van der Waals surface area (Å²) >= 11 is 6.18. The Morgan fingerprint density at radius 2 is 2.36 bits per heavy atom. The van der Waals surface area contributed by atoms with Crippen LogP contribution < -0.4 is 0 Å². The molecule has 0 spiro atoms. The van der Waals surface area contributed by atoms with E-state index in [0.717, 1.165) is 25.7 Å². The minimum atomic E-state index is -0.706. The Labute approximate surface area is 70.5 Å². The normalized spacial score (nSPS) is 48.1. The van der Waals surface area contributed by atoms with E-state index in [4.69, 9.17) is 16.7 Å². The summed E-state index contributed by atoms with van der Waals surface area (Å²) in [4.78, 5) is 10.3. The summed E-state index contributed by atoms with van der Waals surface area (Å²) in [5.74, 6) is -0.390. The zero-order valence-corrected chi connectivity index (χ0v) is 6.97. The molecule has 2 fully saturated rings. The molecule has 0 aromatic heterocycles. The highest BCUT2D eigenvalue weighted by Crippen LogP contribution is 2.55. The van der Waals surface area contributed by atoms with Crippen LogP contribution in [0.3, 0.4) is 0 Å². The Morgan fingerprint density at radius 3 is 2.64 bits per heavy atom. The third-order valence-electron chi connectivity index (χ3n) is 3.09. The Balaban J connectivity index is 2.21. The Bertz CT molecular complexity index is 204. The van der Waals surface area contributed by atoms with Crippen molar-refractivity contribution in [1.82, 2.24) is 0 Å². The van der Waals surface area contributed by atoms with E-state index in [1.165, 1.54) is 0 Å². The van der Waals surface area contributed by atoms with Gasteiger partial charge in [0.05, 0.1) is 10.8 Å². The summed E-state index contributed by atoms with van der Waals surface area (Å²) in [6.07, 6.45) is 3.76. The van der Waals surface area contributed by atoms with Gasteiger partial charge >= 0.3 is 5.97 Å². The molecule has 0 heterocycles. The lowest BCUT2D eigenvalue weighted by Crippen LogP contribution is -2.32. The summed E-state index contributed by atoms with van der Waals surface area (Å²) < 4.78 is 0. The number of halogens is 1. The van der Waals surface area contributed by atoms with Crippen LogP contribution in [0.4, 0.5) is 0 Å². The lowest BCUT2D eigenvalue weighted by Gasteiger charge is -2.25. The largest absolute Gasteiger partial charge is 0.481 e. The Hall–Kier alpha value is -0.240. The van der Waals surface area contributed by atoms with Crippen molar-refractivity contribution in [3.63, 3.8) is 0 Å². The Kier molecular flexibility index (Phi) is 1.43. The summed E-state index contributed by atoms with van der Waals surface area (Å²) in [5.41, 5.74) is 0. The molecule has 2 saturated carbocycles. The van der Waals surface area contributed by atoms with Crippen LogP contribution in [0.2, 0.25) is 0 Å². The molecule has 0 aliphatic heterocycles. The minimum absolute atomic E-state index is 0.275. The third-order valence-corrected chi connectivity index (χ3v) is 3.69. The SMILES string of the molecule is O=C(O)[C@H]1C[C@H]2CC[C@]1(Cl)C2. The van der Waals surface area contributed by atoms with E-state index in [-0.39, 0.29) is 10.8 Å². The maximum Gasteiger partial charge on any atom is 0.308 e. The zero-order valence-electron chi connectivity index (χ0n) is 6.22.